The number of ether oxygens (including phenoxy) is 2. The van der Waals surface area contributed by atoms with E-state index in [1.165, 1.54) is 11.8 Å². The number of para-hydroxylation sites is 2. The number of amidine groups is 1. The molecule has 26 heavy (non-hydrogen) atoms. The number of carbonyl (C=O) groups excluding carboxylic acids is 1. The van der Waals surface area contributed by atoms with Crippen LogP contribution in [0.5, 0.6) is 11.5 Å². The maximum absolute atomic E-state index is 12.6. The second-order valence-electron chi connectivity index (χ2n) is 5.74. The first kappa shape index (κ1) is 18.1. The van der Waals surface area contributed by atoms with Crippen molar-refractivity contribution in [1.29, 1.82) is 0 Å². The average molecular weight is 368 g/mol. The number of rotatable bonds is 4. The number of methoxy groups -OCH3 is 2. The molecule has 6 heteroatoms. The maximum Gasteiger partial charge on any atom is 0.266 e. The van der Waals surface area contributed by atoms with Gasteiger partial charge in [-0.1, -0.05) is 30.3 Å². The van der Waals surface area contributed by atoms with Crippen LogP contribution in [0.4, 0.5) is 5.69 Å². The highest BCUT2D eigenvalue weighted by atomic mass is 32.2. The molecule has 134 valence electrons. The molecular formula is C20H20N2O3S. The van der Waals surface area contributed by atoms with E-state index in [0.29, 0.717) is 21.6 Å². The third kappa shape index (κ3) is 3.46. The Morgan fingerprint density at radius 3 is 2.54 bits per heavy atom. The van der Waals surface area contributed by atoms with Gasteiger partial charge in [0.2, 0.25) is 0 Å². The van der Waals surface area contributed by atoms with E-state index in [0.717, 1.165) is 16.8 Å². The SMILES string of the molecule is COc1cccc(/C=C2/SC(=Nc3ccccc3C)N(C)C2=O)c1OC. The zero-order valence-electron chi connectivity index (χ0n) is 15.1. The molecule has 0 saturated carbocycles. The molecule has 0 unspecified atom stereocenters. The summed E-state index contributed by atoms with van der Waals surface area (Å²) in [6.07, 6.45) is 1.81. The molecule has 1 saturated heterocycles. The number of thioether (sulfide) groups is 1. The predicted molar refractivity (Wildman–Crippen MR) is 106 cm³/mol. The molecule has 0 atom stereocenters. The Bertz CT molecular complexity index is 906. The van der Waals surface area contributed by atoms with Crippen molar-refractivity contribution in [2.45, 2.75) is 6.92 Å². The van der Waals surface area contributed by atoms with Crippen LogP contribution in [0.25, 0.3) is 6.08 Å². The Kier molecular flexibility index (Phi) is 5.32. The number of likely N-dealkylation sites (N-methyl/N-ethyl adjacent to an activating group) is 1. The lowest BCUT2D eigenvalue weighted by Crippen LogP contribution is -2.23. The molecule has 1 aliphatic heterocycles. The van der Waals surface area contributed by atoms with E-state index in [4.69, 9.17) is 9.47 Å². The summed E-state index contributed by atoms with van der Waals surface area (Å²) in [5.74, 6) is 1.13. The second kappa shape index (κ2) is 7.66. The van der Waals surface area contributed by atoms with E-state index in [1.807, 2.05) is 55.5 Å². The Morgan fingerprint density at radius 1 is 1.08 bits per heavy atom. The van der Waals surface area contributed by atoms with Gasteiger partial charge in [-0.05, 0) is 42.5 Å². The van der Waals surface area contributed by atoms with Gasteiger partial charge in [-0.25, -0.2) is 4.99 Å². The minimum absolute atomic E-state index is 0.0905. The van der Waals surface area contributed by atoms with Gasteiger partial charge in [-0.2, -0.15) is 0 Å². The molecule has 1 aliphatic rings. The van der Waals surface area contributed by atoms with Crippen molar-refractivity contribution in [3.63, 3.8) is 0 Å². The van der Waals surface area contributed by atoms with Crippen LogP contribution in [0, 0.1) is 6.92 Å². The molecule has 2 aromatic rings. The molecule has 1 fully saturated rings. The molecule has 0 N–H and O–H groups in total. The summed E-state index contributed by atoms with van der Waals surface area (Å²) >= 11 is 1.35. The number of carbonyl (C=O) groups is 1. The Morgan fingerprint density at radius 2 is 1.85 bits per heavy atom. The van der Waals surface area contributed by atoms with Gasteiger partial charge in [-0.15, -0.1) is 0 Å². The Balaban J connectivity index is 1.97. The fraction of sp³-hybridized carbons (Fsp3) is 0.200. The number of hydrogen-bond acceptors (Lipinski definition) is 5. The predicted octanol–water partition coefficient (Wildman–Crippen LogP) is 4.25. The quantitative estimate of drug-likeness (QED) is 0.757. The van der Waals surface area contributed by atoms with Crippen LogP contribution in [0.3, 0.4) is 0 Å². The number of aliphatic imine (C=N–C) groups is 1. The first-order valence-electron chi connectivity index (χ1n) is 8.08. The van der Waals surface area contributed by atoms with E-state index >= 15 is 0 Å². The average Bonchev–Trinajstić information content (AvgIpc) is 2.91. The zero-order chi connectivity index (χ0) is 18.7. The van der Waals surface area contributed by atoms with E-state index < -0.39 is 0 Å². The van der Waals surface area contributed by atoms with Gasteiger partial charge in [0.05, 0.1) is 24.8 Å². The molecular weight excluding hydrogens is 348 g/mol. The van der Waals surface area contributed by atoms with Gasteiger partial charge in [0.1, 0.15) is 0 Å². The van der Waals surface area contributed by atoms with E-state index in [9.17, 15) is 4.79 Å². The smallest absolute Gasteiger partial charge is 0.266 e. The van der Waals surface area contributed by atoms with Gasteiger partial charge >= 0.3 is 0 Å². The summed E-state index contributed by atoms with van der Waals surface area (Å²) < 4.78 is 10.8. The van der Waals surface area contributed by atoms with Crippen LogP contribution in [-0.4, -0.2) is 37.2 Å². The monoisotopic (exact) mass is 368 g/mol. The first-order valence-corrected chi connectivity index (χ1v) is 8.89. The third-order valence-corrected chi connectivity index (χ3v) is 5.12. The van der Waals surface area contributed by atoms with E-state index in [1.54, 1.807) is 26.2 Å². The Hall–Kier alpha value is -2.73. The van der Waals surface area contributed by atoms with Crippen molar-refractivity contribution in [3.05, 3.63) is 58.5 Å². The summed E-state index contributed by atoms with van der Waals surface area (Å²) in [5.41, 5.74) is 2.71. The molecule has 3 rings (SSSR count). The Labute approximate surface area is 157 Å². The summed E-state index contributed by atoms with van der Waals surface area (Å²) in [7, 11) is 4.90. The molecule has 1 heterocycles. The van der Waals surface area contributed by atoms with Crippen molar-refractivity contribution in [1.82, 2.24) is 4.90 Å². The molecule has 0 radical (unpaired) electrons. The highest BCUT2D eigenvalue weighted by Gasteiger charge is 2.30. The van der Waals surface area contributed by atoms with Crippen molar-refractivity contribution in [3.8, 4) is 11.5 Å². The van der Waals surface area contributed by atoms with Crippen LogP contribution < -0.4 is 9.47 Å². The normalized spacial score (nSPS) is 17.2. The molecule has 0 bridgehead atoms. The van der Waals surface area contributed by atoms with Crippen molar-refractivity contribution < 1.29 is 14.3 Å². The fourth-order valence-electron chi connectivity index (χ4n) is 2.61. The molecule has 0 aliphatic carbocycles. The third-order valence-electron chi connectivity index (χ3n) is 4.06. The van der Waals surface area contributed by atoms with E-state index in [2.05, 4.69) is 4.99 Å². The summed E-state index contributed by atoms with van der Waals surface area (Å²) in [6.45, 7) is 2.00. The molecule has 1 amide bonds. The highest BCUT2D eigenvalue weighted by molar-refractivity contribution is 8.18. The van der Waals surface area contributed by atoms with Crippen molar-refractivity contribution >= 4 is 34.6 Å². The number of benzene rings is 2. The number of nitrogens with zero attached hydrogens (tertiary/aromatic N) is 2. The topological polar surface area (TPSA) is 51.1 Å². The lowest BCUT2D eigenvalue weighted by atomic mass is 10.1. The van der Waals surface area contributed by atoms with Crippen LogP contribution in [0.15, 0.2) is 52.4 Å². The zero-order valence-corrected chi connectivity index (χ0v) is 16.0. The maximum atomic E-state index is 12.6. The number of amides is 1. The van der Waals surface area contributed by atoms with Gasteiger partial charge in [0.25, 0.3) is 5.91 Å². The van der Waals surface area contributed by atoms with Crippen LogP contribution >= 0.6 is 11.8 Å². The molecule has 2 aromatic carbocycles. The van der Waals surface area contributed by atoms with Gasteiger partial charge in [-0.3, -0.25) is 9.69 Å². The number of aryl methyl sites for hydroxylation is 1. The molecule has 0 spiro atoms. The highest BCUT2D eigenvalue weighted by Crippen LogP contribution is 2.37. The lowest BCUT2D eigenvalue weighted by molar-refractivity contribution is -0.121. The minimum Gasteiger partial charge on any atom is -0.493 e. The van der Waals surface area contributed by atoms with Crippen molar-refractivity contribution in [2.24, 2.45) is 4.99 Å². The molecule has 0 aromatic heterocycles. The lowest BCUT2D eigenvalue weighted by Gasteiger charge is -2.10. The minimum atomic E-state index is -0.0905. The van der Waals surface area contributed by atoms with Gasteiger partial charge < -0.3 is 9.47 Å². The van der Waals surface area contributed by atoms with E-state index in [-0.39, 0.29) is 5.91 Å². The van der Waals surface area contributed by atoms with Gasteiger partial charge in [0.15, 0.2) is 16.7 Å². The number of hydrogen-bond donors (Lipinski definition) is 0. The van der Waals surface area contributed by atoms with Crippen LogP contribution in [0.1, 0.15) is 11.1 Å². The summed E-state index contributed by atoms with van der Waals surface area (Å²) in [6, 6.07) is 13.4. The summed E-state index contributed by atoms with van der Waals surface area (Å²) in [4.78, 5) is 19.4. The van der Waals surface area contributed by atoms with Crippen molar-refractivity contribution in [2.75, 3.05) is 21.3 Å². The molecule has 5 nitrogen and oxygen atoms in total. The fourth-order valence-corrected chi connectivity index (χ4v) is 3.58. The first-order chi connectivity index (χ1) is 12.5. The summed E-state index contributed by atoms with van der Waals surface area (Å²) in [5, 5.41) is 0.650. The van der Waals surface area contributed by atoms with Crippen LogP contribution in [0.2, 0.25) is 0 Å². The largest absolute Gasteiger partial charge is 0.493 e. The standard InChI is InChI=1S/C20H20N2O3S/c1-13-8-5-6-10-15(13)21-20-22(2)19(23)17(26-20)12-14-9-7-11-16(24-3)18(14)25-4/h5-12H,1-4H3/b17-12+,21-20?. The van der Waals surface area contributed by atoms with Crippen LogP contribution in [-0.2, 0) is 4.79 Å². The second-order valence-corrected chi connectivity index (χ2v) is 6.75. The van der Waals surface area contributed by atoms with Gasteiger partial charge in [0, 0.05) is 12.6 Å².